The summed E-state index contributed by atoms with van der Waals surface area (Å²) in [6, 6.07) is 4.63. The second kappa shape index (κ2) is 4.98. The molecule has 6 heteroatoms. The number of rotatable bonds is 4. The SMILES string of the molecule is CNC1CC(Oc2cc([N+](=O)[O-])ccc2Cl)C1(C)C. The number of nitrogens with zero attached hydrogens (tertiary/aromatic N) is 1. The molecule has 2 unspecified atom stereocenters. The average molecular weight is 285 g/mol. The van der Waals surface area contributed by atoms with E-state index in [4.69, 9.17) is 16.3 Å². The maximum atomic E-state index is 10.8. The Kier molecular flexibility index (Phi) is 3.69. The van der Waals surface area contributed by atoms with Gasteiger partial charge in [0.2, 0.25) is 0 Å². The fraction of sp³-hybridized carbons (Fsp3) is 0.538. The highest BCUT2D eigenvalue weighted by molar-refractivity contribution is 6.32. The first-order valence-electron chi connectivity index (χ1n) is 6.14. The number of non-ortho nitro benzene ring substituents is 1. The van der Waals surface area contributed by atoms with E-state index in [9.17, 15) is 10.1 Å². The van der Waals surface area contributed by atoms with Crippen LogP contribution in [0.1, 0.15) is 20.3 Å². The average Bonchev–Trinajstić information content (AvgIpc) is 2.35. The molecule has 1 fully saturated rings. The Morgan fingerprint density at radius 2 is 2.21 bits per heavy atom. The normalized spacial score (nSPS) is 24.6. The minimum Gasteiger partial charge on any atom is -0.488 e. The van der Waals surface area contributed by atoms with E-state index in [0.717, 1.165) is 6.42 Å². The maximum Gasteiger partial charge on any atom is 0.273 e. The Labute approximate surface area is 117 Å². The number of ether oxygens (including phenoxy) is 1. The van der Waals surface area contributed by atoms with Crippen LogP contribution in [0.25, 0.3) is 0 Å². The molecule has 0 heterocycles. The molecule has 0 saturated heterocycles. The van der Waals surface area contributed by atoms with Crippen LogP contribution in [0, 0.1) is 15.5 Å². The van der Waals surface area contributed by atoms with Crippen LogP contribution < -0.4 is 10.1 Å². The lowest BCUT2D eigenvalue weighted by molar-refractivity contribution is -0.385. The van der Waals surface area contributed by atoms with Crippen molar-refractivity contribution in [3.05, 3.63) is 33.3 Å². The van der Waals surface area contributed by atoms with Crippen molar-refractivity contribution in [2.24, 2.45) is 5.41 Å². The van der Waals surface area contributed by atoms with Crippen LogP contribution in [0.4, 0.5) is 5.69 Å². The van der Waals surface area contributed by atoms with Crippen molar-refractivity contribution in [3.8, 4) is 5.75 Å². The van der Waals surface area contributed by atoms with Crippen LogP contribution in [0.15, 0.2) is 18.2 Å². The van der Waals surface area contributed by atoms with Gasteiger partial charge in [-0.25, -0.2) is 0 Å². The van der Waals surface area contributed by atoms with Gasteiger partial charge in [0.25, 0.3) is 5.69 Å². The Morgan fingerprint density at radius 3 is 2.74 bits per heavy atom. The number of hydrogen-bond donors (Lipinski definition) is 1. The lowest BCUT2D eigenvalue weighted by Crippen LogP contribution is -2.61. The highest BCUT2D eigenvalue weighted by Crippen LogP contribution is 2.44. The molecule has 0 spiro atoms. The van der Waals surface area contributed by atoms with Gasteiger partial charge in [0.05, 0.1) is 16.0 Å². The number of benzene rings is 1. The topological polar surface area (TPSA) is 64.4 Å². The van der Waals surface area contributed by atoms with Gasteiger partial charge in [0.15, 0.2) is 0 Å². The Bertz CT molecular complexity index is 505. The number of halogens is 1. The summed E-state index contributed by atoms with van der Waals surface area (Å²) in [5, 5.41) is 14.4. The van der Waals surface area contributed by atoms with Crippen molar-refractivity contribution in [2.45, 2.75) is 32.4 Å². The summed E-state index contributed by atoms with van der Waals surface area (Å²) < 4.78 is 5.84. The van der Waals surface area contributed by atoms with Crippen molar-refractivity contribution >= 4 is 17.3 Å². The van der Waals surface area contributed by atoms with Crippen LogP contribution >= 0.6 is 11.6 Å². The molecular weight excluding hydrogens is 268 g/mol. The predicted molar refractivity (Wildman–Crippen MR) is 73.8 cm³/mol. The third-order valence-electron chi connectivity index (χ3n) is 3.92. The second-order valence-electron chi connectivity index (χ2n) is 5.38. The molecule has 0 radical (unpaired) electrons. The zero-order valence-corrected chi connectivity index (χ0v) is 11.9. The number of nitrogens with one attached hydrogen (secondary N) is 1. The van der Waals surface area contributed by atoms with Crippen LogP contribution in [0.5, 0.6) is 5.75 Å². The highest BCUT2D eigenvalue weighted by atomic mass is 35.5. The molecule has 2 atom stereocenters. The standard InChI is InChI=1S/C13H17ClN2O3/c1-13(2)11(15-3)7-12(13)19-10-6-8(16(17)18)4-5-9(10)14/h4-6,11-12,15H,7H2,1-3H3. The lowest BCUT2D eigenvalue weighted by Gasteiger charge is -2.51. The van der Waals surface area contributed by atoms with Crippen LogP contribution in [0.3, 0.4) is 0 Å². The molecule has 5 nitrogen and oxygen atoms in total. The van der Waals surface area contributed by atoms with Gasteiger partial charge < -0.3 is 10.1 Å². The third-order valence-corrected chi connectivity index (χ3v) is 4.23. The summed E-state index contributed by atoms with van der Waals surface area (Å²) in [7, 11) is 1.92. The van der Waals surface area contributed by atoms with Crippen molar-refractivity contribution in [2.75, 3.05) is 7.05 Å². The zero-order valence-electron chi connectivity index (χ0n) is 11.1. The molecule has 0 aromatic heterocycles. The molecule has 1 N–H and O–H groups in total. The minimum atomic E-state index is -0.453. The first-order chi connectivity index (χ1) is 8.86. The summed E-state index contributed by atoms with van der Waals surface area (Å²) in [5.41, 5.74) is -0.0374. The van der Waals surface area contributed by atoms with Crippen molar-refractivity contribution in [1.29, 1.82) is 0 Å². The van der Waals surface area contributed by atoms with Gasteiger partial charge in [-0.1, -0.05) is 25.4 Å². The van der Waals surface area contributed by atoms with E-state index in [0.29, 0.717) is 16.8 Å². The van der Waals surface area contributed by atoms with Gasteiger partial charge in [0, 0.05) is 23.9 Å². The quantitative estimate of drug-likeness (QED) is 0.682. The van der Waals surface area contributed by atoms with E-state index in [1.54, 1.807) is 0 Å². The molecule has 0 bridgehead atoms. The van der Waals surface area contributed by atoms with E-state index in [1.807, 2.05) is 7.05 Å². The summed E-state index contributed by atoms with van der Waals surface area (Å²) >= 11 is 6.03. The van der Waals surface area contributed by atoms with E-state index < -0.39 is 4.92 Å². The lowest BCUT2D eigenvalue weighted by atomic mass is 9.64. The molecule has 1 aromatic rings. The minimum absolute atomic E-state index is 0.00412. The summed E-state index contributed by atoms with van der Waals surface area (Å²) in [6.07, 6.45) is 0.868. The largest absolute Gasteiger partial charge is 0.488 e. The van der Waals surface area contributed by atoms with E-state index in [2.05, 4.69) is 19.2 Å². The first kappa shape index (κ1) is 14.1. The molecule has 0 amide bonds. The van der Waals surface area contributed by atoms with Gasteiger partial charge in [-0.2, -0.15) is 0 Å². The summed E-state index contributed by atoms with van der Waals surface area (Å²) in [5.74, 6) is 0.378. The second-order valence-corrected chi connectivity index (χ2v) is 5.78. The first-order valence-corrected chi connectivity index (χ1v) is 6.52. The highest BCUT2D eigenvalue weighted by Gasteiger charge is 2.49. The van der Waals surface area contributed by atoms with Crippen LogP contribution in [-0.4, -0.2) is 24.1 Å². The van der Waals surface area contributed by atoms with Crippen LogP contribution in [-0.2, 0) is 0 Å². The monoisotopic (exact) mass is 284 g/mol. The smallest absolute Gasteiger partial charge is 0.273 e. The van der Waals surface area contributed by atoms with Gasteiger partial charge in [0.1, 0.15) is 11.9 Å². The molecular formula is C13H17ClN2O3. The zero-order chi connectivity index (χ0) is 14.2. The van der Waals surface area contributed by atoms with Crippen molar-refractivity contribution in [1.82, 2.24) is 5.32 Å². The van der Waals surface area contributed by atoms with E-state index in [-0.39, 0.29) is 17.2 Å². The van der Waals surface area contributed by atoms with Crippen LogP contribution in [0.2, 0.25) is 5.02 Å². The number of nitro benzene ring substituents is 1. The Morgan fingerprint density at radius 1 is 1.53 bits per heavy atom. The summed E-state index contributed by atoms with van der Waals surface area (Å²) in [6.45, 7) is 4.21. The number of hydrogen-bond acceptors (Lipinski definition) is 4. The van der Waals surface area contributed by atoms with E-state index in [1.165, 1.54) is 18.2 Å². The van der Waals surface area contributed by atoms with Crippen molar-refractivity contribution in [3.63, 3.8) is 0 Å². The molecule has 1 aliphatic rings. The Balaban J connectivity index is 2.16. The number of nitro groups is 1. The maximum absolute atomic E-state index is 10.8. The van der Waals surface area contributed by atoms with Gasteiger partial charge in [-0.05, 0) is 13.1 Å². The molecule has 104 valence electrons. The summed E-state index contributed by atoms with van der Waals surface area (Å²) in [4.78, 5) is 10.3. The third kappa shape index (κ3) is 2.53. The van der Waals surface area contributed by atoms with Gasteiger partial charge >= 0.3 is 0 Å². The Hall–Kier alpha value is -1.33. The van der Waals surface area contributed by atoms with Gasteiger partial charge in [-0.3, -0.25) is 10.1 Å². The van der Waals surface area contributed by atoms with Crippen molar-refractivity contribution < 1.29 is 9.66 Å². The molecule has 1 aromatic carbocycles. The molecule has 2 rings (SSSR count). The fourth-order valence-electron chi connectivity index (χ4n) is 2.42. The predicted octanol–water partition coefficient (Wildman–Crippen LogP) is 3.01. The molecule has 1 saturated carbocycles. The fourth-order valence-corrected chi connectivity index (χ4v) is 2.59. The van der Waals surface area contributed by atoms with Gasteiger partial charge in [-0.15, -0.1) is 0 Å². The molecule has 1 aliphatic carbocycles. The molecule has 0 aliphatic heterocycles. The molecule has 19 heavy (non-hydrogen) atoms. The van der Waals surface area contributed by atoms with E-state index >= 15 is 0 Å².